The van der Waals surface area contributed by atoms with E-state index in [-0.39, 0.29) is 10.8 Å². The lowest BCUT2D eigenvalue weighted by molar-refractivity contribution is -0.129. The highest BCUT2D eigenvalue weighted by molar-refractivity contribution is 7.90. The molecule has 36 heavy (non-hydrogen) atoms. The lowest BCUT2D eigenvalue weighted by atomic mass is 10.0. The van der Waals surface area contributed by atoms with Gasteiger partial charge in [0.05, 0.1) is 10.4 Å². The molecule has 1 aliphatic heterocycles. The highest BCUT2D eigenvalue weighted by atomic mass is 32.2. The van der Waals surface area contributed by atoms with E-state index in [1.165, 1.54) is 6.26 Å². The molecule has 1 fully saturated rings. The molecule has 1 aliphatic rings. The number of carbonyl (C=O) groups excluding carboxylic acids is 1. The molecule has 8 nitrogen and oxygen atoms in total. The Balaban J connectivity index is 1.40. The quantitative estimate of drug-likeness (QED) is 0.440. The number of nitrogens with zero attached hydrogens (tertiary/aromatic N) is 4. The fourth-order valence-corrected chi connectivity index (χ4v) is 5.05. The number of hydrogen-bond acceptors (Lipinski definition) is 7. The van der Waals surface area contributed by atoms with Gasteiger partial charge in [-0.05, 0) is 35.9 Å². The second kappa shape index (κ2) is 9.58. The number of para-hydroxylation sites is 1. The summed E-state index contributed by atoms with van der Waals surface area (Å²) in [4.78, 5) is 25.3. The van der Waals surface area contributed by atoms with Gasteiger partial charge < -0.3 is 15.1 Å². The number of piperazine rings is 1. The molecular weight excluding hydrogens is 474 g/mol. The van der Waals surface area contributed by atoms with Crippen molar-refractivity contribution < 1.29 is 13.2 Å². The molecule has 1 aromatic heterocycles. The van der Waals surface area contributed by atoms with Crippen molar-refractivity contribution in [3.63, 3.8) is 0 Å². The van der Waals surface area contributed by atoms with Crippen molar-refractivity contribution in [2.24, 2.45) is 0 Å². The number of rotatable bonds is 5. The molecule has 5 rings (SSSR count). The largest absolute Gasteiger partial charge is 0.368 e. The monoisotopic (exact) mass is 501 g/mol. The maximum Gasteiger partial charge on any atom is 0.227 e. The van der Waals surface area contributed by atoms with E-state index in [1.54, 1.807) is 37.4 Å². The van der Waals surface area contributed by atoms with Gasteiger partial charge in [0.1, 0.15) is 0 Å². The Hall–Kier alpha value is -3.98. The summed E-state index contributed by atoms with van der Waals surface area (Å²) >= 11 is 0. The van der Waals surface area contributed by atoms with Crippen LogP contribution in [-0.2, 0) is 14.6 Å². The molecular formula is C27H27N5O3S. The van der Waals surface area contributed by atoms with Crippen LogP contribution in [0.3, 0.4) is 0 Å². The molecule has 0 spiro atoms. The summed E-state index contributed by atoms with van der Waals surface area (Å²) < 4.78 is 23.7. The summed E-state index contributed by atoms with van der Waals surface area (Å²) in [6.45, 7) is 4.62. The third kappa shape index (κ3) is 5.01. The van der Waals surface area contributed by atoms with Crippen molar-refractivity contribution in [2.75, 3.05) is 42.7 Å². The summed E-state index contributed by atoms with van der Waals surface area (Å²) in [5.41, 5.74) is 4.50. The maximum absolute atomic E-state index is 11.8. The molecule has 0 atom stereocenters. The Morgan fingerprint density at radius 3 is 2.36 bits per heavy atom. The molecule has 0 radical (unpaired) electrons. The lowest BCUT2D eigenvalue weighted by Crippen LogP contribution is -2.48. The van der Waals surface area contributed by atoms with Crippen LogP contribution in [0.25, 0.3) is 22.0 Å². The van der Waals surface area contributed by atoms with Crippen LogP contribution < -0.4 is 10.2 Å². The van der Waals surface area contributed by atoms with Gasteiger partial charge in [-0.25, -0.2) is 18.4 Å². The van der Waals surface area contributed by atoms with Gasteiger partial charge >= 0.3 is 0 Å². The molecule has 9 heteroatoms. The van der Waals surface area contributed by atoms with Crippen LogP contribution in [0.4, 0.5) is 17.3 Å². The number of aromatic nitrogens is 2. The predicted octanol–water partition coefficient (Wildman–Crippen LogP) is 4.11. The molecule has 2 heterocycles. The normalized spacial score (nSPS) is 14.2. The van der Waals surface area contributed by atoms with E-state index in [4.69, 9.17) is 4.98 Å². The lowest BCUT2D eigenvalue weighted by Gasteiger charge is -2.35. The first-order chi connectivity index (χ1) is 17.3. The number of hydrogen-bond donors (Lipinski definition) is 1. The smallest absolute Gasteiger partial charge is 0.227 e. The van der Waals surface area contributed by atoms with Crippen LogP contribution in [0.5, 0.6) is 0 Å². The van der Waals surface area contributed by atoms with Gasteiger partial charge in [-0.1, -0.05) is 36.4 Å². The van der Waals surface area contributed by atoms with Crippen LogP contribution in [0.2, 0.25) is 0 Å². The van der Waals surface area contributed by atoms with E-state index >= 15 is 0 Å². The van der Waals surface area contributed by atoms with Crippen molar-refractivity contribution >= 4 is 44.0 Å². The molecule has 184 valence electrons. The first kappa shape index (κ1) is 23.7. The SMILES string of the molecule is CC(=O)N1CCN(c2cccc(Nc3ncc4cccc(-c5ccc(S(C)(=O)=O)cc5)c4n3)c2)CC1. The summed E-state index contributed by atoms with van der Waals surface area (Å²) in [6, 6.07) is 20.8. The van der Waals surface area contributed by atoms with Crippen molar-refractivity contribution in [2.45, 2.75) is 11.8 Å². The summed E-state index contributed by atoms with van der Waals surface area (Å²) in [5.74, 6) is 0.588. The molecule has 0 aliphatic carbocycles. The van der Waals surface area contributed by atoms with Gasteiger partial charge in [0, 0.05) is 67.9 Å². The van der Waals surface area contributed by atoms with Crippen LogP contribution in [0, 0.1) is 0 Å². The van der Waals surface area contributed by atoms with E-state index in [0.29, 0.717) is 19.0 Å². The zero-order valence-corrected chi connectivity index (χ0v) is 21.0. The van der Waals surface area contributed by atoms with Gasteiger partial charge in [-0.2, -0.15) is 0 Å². The van der Waals surface area contributed by atoms with E-state index in [1.807, 2.05) is 35.2 Å². The summed E-state index contributed by atoms with van der Waals surface area (Å²) in [5, 5.41) is 4.21. The summed E-state index contributed by atoms with van der Waals surface area (Å²) in [7, 11) is -3.26. The fourth-order valence-electron chi connectivity index (χ4n) is 4.42. The zero-order valence-electron chi connectivity index (χ0n) is 20.2. The molecule has 1 N–H and O–H groups in total. The number of sulfone groups is 1. The second-order valence-corrected chi connectivity index (χ2v) is 10.9. The van der Waals surface area contributed by atoms with Crippen molar-refractivity contribution in [1.29, 1.82) is 0 Å². The van der Waals surface area contributed by atoms with Gasteiger partial charge in [0.2, 0.25) is 11.9 Å². The first-order valence-corrected chi connectivity index (χ1v) is 13.6. The second-order valence-electron chi connectivity index (χ2n) is 8.90. The molecule has 1 amide bonds. The number of amides is 1. The average Bonchev–Trinajstić information content (AvgIpc) is 2.88. The number of fused-ring (bicyclic) bond motifs is 1. The minimum Gasteiger partial charge on any atom is -0.368 e. The van der Waals surface area contributed by atoms with E-state index < -0.39 is 9.84 Å². The Morgan fingerprint density at radius 1 is 0.944 bits per heavy atom. The van der Waals surface area contributed by atoms with Gasteiger partial charge in [0.15, 0.2) is 9.84 Å². The number of benzene rings is 3. The van der Waals surface area contributed by atoms with Crippen molar-refractivity contribution in [3.8, 4) is 11.1 Å². The first-order valence-electron chi connectivity index (χ1n) is 11.7. The third-order valence-electron chi connectivity index (χ3n) is 6.40. The van der Waals surface area contributed by atoms with E-state index in [2.05, 4.69) is 27.3 Å². The maximum atomic E-state index is 11.8. The molecule has 0 unspecified atom stereocenters. The topological polar surface area (TPSA) is 95.5 Å². The van der Waals surface area contributed by atoms with Crippen molar-refractivity contribution in [3.05, 3.63) is 72.9 Å². The molecule has 1 saturated heterocycles. The standard InChI is InChI=1S/C27H27N5O3S/c1-19(33)31-13-15-32(16-14-31)23-7-4-6-22(17-23)29-27-28-18-21-5-3-8-25(26(21)30-27)20-9-11-24(12-10-20)36(2,34)35/h3-12,17-18H,13-16H2,1-2H3,(H,28,29,30). The van der Waals surface area contributed by atoms with Crippen LogP contribution >= 0.6 is 0 Å². The summed E-state index contributed by atoms with van der Waals surface area (Å²) in [6.07, 6.45) is 2.98. The van der Waals surface area contributed by atoms with E-state index in [9.17, 15) is 13.2 Å². The highest BCUT2D eigenvalue weighted by Gasteiger charge is 2.19. The van der Waals surface area contributed by atoms with Crippen molar-refractivity contribution in [1.82, 2.24) is 14.9 Å². The Morgan fingerprint density at radius 2 is 1.67 bits per heavy atom. The minimum absolute atomic E-state index is 0.115. The van der Waals surface area contributed by atoms with Gasteiger partial charge in [-0.15, -0.1) is 0 Å². The third-order valence-corrected chi connectivity index (χ3v) is 7.53. The number of anilines is 3. The molecule has 0 bridgehead atoms. The van der Waals surface area contributed by atoms with Crippen LogP contribution in [0.1, 0.15) is 6.92 Å². The van der Waals surface area contributed by atoms with Gasteiger partial charge in [0.25, 0.3) is 0 Å². The zero-order chi connectivity index (χ0) is 25.3. The van der Waals surface area contributed by atoms with Crippen LogP contribution in [0.15, 0.2) is 77.8 Å². The van der Waals surface area contributed by atoms with Crippen LogP contribution in [-0.4, -0.2) is 61.6 Å². The number of carbonyl (C=O) groups is 1. The Bertz CT molecular complexity index is 1530. The molecule has 4 aromatic rings. The Kier molecular flexibility index (Phi) is 6.32. The van der Waals surface area contributed by atoms with Gasteiger partial charge in [-0.3, -0.25) is 4.79 Å². The number of nitrogens with one attached hydrogen (secondary N) is 1. The molecule has 0 saturated carbocycles. The minimum atomic E-state index is -3.26. The highest BCUT2D eigenvalue weighted by Crippen LogP contribution is 2.29. The predicted molar refractivity (Wildman–Crippen MR) is 142 cm³/mol. The fraction of sp³-hybridized carbons (Fsp3) is 0.222. The average molecular weight is 502 g/mol. The molecule has 3 aromatic carbocycles. The van der Waals surface area contributed by atoms with E-state index in [0.717, 1.165) is 46.5 Å². The Labute approximate surface area is 210 Å².